The van der Waals surface area contributed by atoms with E-state index in [-0.39, 0.29) is 11.7 Å². The summed E-state index contributed by atoms with van der Waals surface area (Å²) in [7, 11) is 1.87. The Morgan fingerprint density at radius 2 is 1.57 bits per heavy atom. The lowest BCUT2D eigenvalue weighted by Gasteiger charge is -2.24. The first-order chi connectivity index (χ1) is 11.2. The fraction of sp³-hybridized carbons (Fsp3) is 0.200. The van der Waals surface area contributed by atoms with Gasteiger partial charge in [0.1, 0.15) is 5.82 Å². The van der Waals surface area contributed by atoms with Crippen LogP contribution in [0, 0.1) is 5.82 Å². The van der Waals surface area contributed by atoms with Crippen LogP contribution in [0.4, 0.5) is 4.39 Å². The molecule has 2 nitrogen and oxygen atoms in total. The molecule has 3 aromatic rings. The van der Waals surface area contributed by atoms with Gasteiger partial charge in [0.15, 0.2) is 0 Å². The van der Waals surface area contributed by atoms with Gasteiger partial charge in [-0.05, 0) is 41.1 Å². The molecule has 0 heterocycles. The number of benzene rings is 3. The van der Waals surface area contributed by atoms with E-state index in [0.717, 1.165) is 16.5 Å². The van der Waals surface area contributed by atoms with Crippen LogP contribution in [0.1, 0.15) is 23.1 Å². The van der Waals surface area contributed by atoms with Gasteiger partial charge in [-0.1, -0.05) is 54.6 Å². The number of likely N-dealkylation sites (N-methyl/N-ethyl adjacent to an activating group) is 1. The second kappa shape index (κ2) is 6.90. The van der Waals surface area contributed by atoms with Gasteiger partial charge in [0.05, 0.1) is 6.10 Å². The van der Waals surface area contributed by atoms with Crippen LogP contribution >= 0.6 is 0 Å². The summed E-state index contributed by atoms with van der Waals surface area (Å²) in [6.07, 6.45) is -0.691. The van der Waals surface area contributed by atoms with Gasteiger partial charge in [-0.15, -0.1) is 0 Å². The van der Waals surface area contributed by atoms with Crippen molar-refractivity contribution < 1.29 is 9.50 Å². The van der Waals surface area contributed by atoms with Crippen molar-refractivity contribution in [3.05, 3.63) is 83.7 Å². The number of rotatable bonds is 5. The number of hydrogen-bond donors (Lipinski definition) is 2. The monoisotopic (exact) mass is 309 g/mol. The molecule has 118 valence electrons. The average molecular weight is 309 g/mol. The molecular formula is C20H20FNO. The van der Waals surface area contributed by atoms with Crippen molar-refractivity contribution in [3.8, 4) is 0 Å². The highest BCUT2D eigenvalue weighted by molar-refractivity contribution is 5.83. The van der Waals surface area contributed by atoms with Gasteiger partial charge in [-0.2, -0.15) is 0 Å². The van der Waals surface area contributed by atoms with Gasteiger partial charge in [-0.3, -0.25) is 0 Å². The quantitative estimate of drug-likeness (QED) is 0.746. The van der Waals surface area contributed by atoms with E-state index in [1.54, 1.807) is 12.1 Å². The Bertz CT molecular complexity index is 785. The van der Waals surface area contributed by atoms with E-state index >= 15 is 0 Å². The smallest absolute Gasteiger partial charge is 0.123 e. The lowest BCUT2D eigenvalue weighted by Crippen LogP contribution is -2.23. The summed E-state index contributed by atoms with van der Waals surface area (Å²) in [6, 6.07) is 20.5. The van der Waals surface area contributed by atoms with Gasteiger partial charge in [0.25, 0.3) is 0 Å². The molecular weight excluding hydrogens is 289 g/mol. The third-order valence-corrected chi connectivity index (χ3v) is 4.22. The summed E-state index contributed by atoms with van der Waals surface area (Å²) in [5, 5.41) is 16.2. The molecule has 0 aliphatic carbocycles. The largest absolute Gasteiger partial charge is 0.388 e. The van der Waals surface area contributed by atoms with Crippen molar-refractivity contribution in [2.24, 2.45) is 0 Å². The van der Waals surface area contributed by atoms with Gasteiger partial charge in [0, 0.05) is 12.5 Å². The van der Waals surface area contributed by atoms with Crippen molar-refractivity contribution in [1.29, 1.82) is 0 Å². The molecule has 3 heteroatoms. The van der Waals surface area contributed by atoms with E-state index in [1.165, 1.54) is 17.5 Å². The highest BCUT2D eigenvalue weighted by atomic mass is 19.1. The number of halogens is 1. The average Bonchev–Trinajstić information content (AvgIpc) is 2.59. The second-order valence-corrected chi connectivity index (χ2v) is 5.77. The lowest BCUT2D eigenvalue weighted by atomic mass is 9.88. The standard InChI is InChI=1S/C20H20FNO/c1-22-13-19(20(23)15-8-10-18(21)11-9-15)17-7-6-14-4-2-3-5-16(14)12-17/h2-12,19-20,22-23H,13H2,1H3/t19?,20-/m0/s1. The zero-order valence-corrected chi connectivity index (χ0v) is 13.0. The van der Waals surface area contributed by atoms with Crippen LogP contribution in [0.5, 0.6) is 0 Å². The number of fused-ring (bicyclic) bond motifs is 1. The molecule has 3 rings (SSSR count). The fourth-order valence-electron chi connectivity index (χ4n) is 2.96. The Morgan fingerprint density at radius 3 is 2.26 bits per heavy atom. The number of nitrogens with one attached hydrogen (secondary N) is 1. The molecule has 0 aliphatic rings. The Kier molecular flexibility index (Phi) is 4.70. The molecule has 0 aliphatic heterocycles. The summed E-state index contributed by atoms with van der Waals surface area (Å²) in [6.45, 7) is 0.636. The van der Waals surface area contributed by atoms with Crippen molar-refractivity contribution in [2.75, 3.05) is 13.6 Å². The molecule has 3 aromatic carbocycles. The molecule has 0 aromatic heterocycles. The summed E-state index contributed by atoms with van der Waals surface area (Å²) < 4.78 is 13.1. The molecule has 0 amide bonds. The lowest BCUT2D eigenvalue weighted by molar-refractivity contribution is 0.144. The van der Waals surface area contributed by atoms with Gasteiger partial charge in [0.2, 0.25) is 0 Å². The predicted molar refractivity (Wildman–Crippen MR) is 92.0 cm³/mol. The molecule has 23 heavy (non-hydrogen) atoms. The molecule has 0 radical (unpaired) electrons. The minimum absolute atomic E-state index is 0.102. The molecule has 2 N–H and O–H groups in total. The fourth-order valence-corrected chi connectivity index (χ4v) is 2.96. The summed E-state index contributed by atoms with van der Waals surface area (Å²) in [5.41, 5.74) is 1.79. The van der Waals surface area contributed by atoms with Crippen LogP contribution in [-0.2, 0) is 0 Å². The molecule has 0 fully saturated rings. The van der Waals surface area contributed by atoms with Crippen LogP contribution in [0.15, 0.2) is 66.7 Å². The number of hydrogen-bond acceptors (Lipinski definition) is 2. The van der Waals surface area contributed by atoms with E-state index in [0.29, 0.717) is 6.54 Å². The van der Waals surface area contributed by atoms with E-state index in [1.807, 2.05) is 19.2 Å². The van der Waals surface area contributed by atoms with Gasteiger partial charge in [-0.25, -0.2) is 4.39 Å². The molecule has 0 spiro atoms. The minimum Gasteiger partial charge on any atom is -0.388 e. The van der Waals surface area contributed by atoms with Crippen LogP contribution in [0.25, 0.3) is 10.8 Å². The highest BCUT2D eigenvalue weighted by Crippen LogP contribution is 2.32. The first kappa shape index (κ1) is 15.7. The molecule has 0 saturated heterocycles. The SMILES string of the molecule is CNCC(c1ccc2ccccc2c1)[C@@H](O)c1ccc(F)cc1. The van der Waals surface area contributed by atoms with Crippen LogP contribution < -0.4 is 5.32 Å². The minimum atomic E-state index is -0.691. The Balaban J connectivity index is 1.97. The summed E-state index contributed by atoms with van der Waals surface area (Å²) in [4.78, 5) is 0. The third-order valence-electron chi connectivity index (χ3n) is 4.22. The van der Waals surface area contributed by atoms with E-state index < -0.39 is 6.10 Å². The molecule has 0 bridgehead atoms. The third kappa shape index (κ3) is 3.41. The van der Waals surface area contributed by atoms with Crippen LogP contribution in [0.2, 0.25) is 0 Å². The van der Waals surface area contributed by atoms with E-state index in [2.05, 4.69) is 35.6 Å². The second-order valence-electron chi connectivity index (χ2n) is 5.77. The zero-order valence-electron chi connectivity index (χ0n) is 13.0. The summed E-state index contributed by atoms with van der Waals surface area (Å²) >= 11 is 0. The zero-order chi connectivity index (χ0) is 16.2. The maximum Gasteiger partial charge on any atom is 0.123 e. The van der Waals surface area contributed by atoms with Crippen LogP contribution in [0.3, 0.4) is 0 Å². The Hall–Kier alpha value is -2.23. The Morgan fingerprint density at radius 1 is 0.913 bits per heavy atom. The van der Waals surface area contributed by atoms with E-state index in [4.69, 9.17) is 0 Å². The Labute approximate surface area is 135 Å². The number of aliphatic hydroxyl groups is 1. The normalized spacial score (nSPS) is 13.9. The number of aliphatic hydroxyl groups excluding tert-OH is 1. The van der Waals surface area contributed by atoms with Crippen molar-refractivity contribution in [1.82, 2.24) is 5.32 Å². The first-order valence-corrected chi connectivity index (χ1v) is 7.76. The highest BCUT2D eigenvalue weighted by Gasteiger charge is 2.22. The first-order valence-electron chi connectivity index (χ1n) is 7.76. The van der Waals surface area contributed by atoms with Crippen LogP contribution in [-0.4, -0.2) is 18.7 Å². The predicted octanol–water partition coefficient (Wildman–Crippen LogP) is 4.02. The summed E-state index contributed by atoms with van der Waals surface area (Å²) in [5.74, 6) is -0.396. The van der Waals surface area contributed by atoms with Crippen molar-refractivity contribution in [3.63, 3.8) is 0 Å². The maximum atomic E-state index is 13.1. The molecule has 1 unspecified atom stereocenters. The maximum absolute atomic E-state index is 13.1. The van der Waals surface area contributed by atoms with E-state index in [9.17, 15) is 9.50 Å². The molecule has 0 saturated carbocycles. The topological polar surface area (TPSA) is 32.3 Å². The van der Waals surface area contributed by atoms with Crippen molar-refractivity contribution in [2.45, 2.75) is 12.0 Å². The van der Waals surface area contributed by atoms with Gasteiger partial charge >= 0.3 is 0 Å². The van der Waals surface area contributed by atoms with Gasteiger partial charge < -0.3 is 10.4 Å². The molecule has 2 atom stereocenters. The van der Waals surface area contributed by atoms with Crippen molar-refractivity contribution >= 4 is 10.8 Å².